The van der Waals surface area contributed by atoms with Gasteiger partial charge >= 0.3 is 6.47 Å². The second-order valence-electron chi connectivity index (χ2n) is 1.95. The fraction of sp³-hybridized carbons (Fsp3) is 0.800. The van der Waals surface area contributed by atoms with E-state index in [4.69, 9.17) is 0 Å². The van der Waals surface area contributed by atoms with E-state index in [0.717, 1.165) is 12.9 Å². The van der Waals surface area contributed by atoms with Crippen molar-refractivity contribution in [1.82, 2.24) is 0 Å². The van der Waals surface area contributed by atoms with Gasteiger partial charge in [0.2, 0.25) is 5.79 Å². The molecule has 1 fully saturated rings. The van der Waals surface area contributed by atoms with Crippen molar-refractivity contribution in [3.63, 3.8) is 0 Å². The van der Waals surface area contributed by atoms with Crippen LogP contribution in [0.3, 0.4) is 0 Å². The van der Waals surface area contributed by atoms with Crippen molar-refractivity contribution in [2.24, 2.45) is 0 Å². The van der Waals surface area contributed by atoms with E-state index in [9.17, 15) is 9.90 Å². The van der Waals surface area contributed by atoms with E-state index in [2.05, 4.69) is 4.74 Å². The van der Waals surface area contributed by atoms with E-state index < -0.39 is 5.79 Å². The molecule has 0 unspecified atom stereocenters. The second-order valence-corrected chi connectivity index (χ2v) is 1.95. The minimum atomic E-state index is -1.40. The maximum atomic E-state index is 10.7. The van der Waals surface area contributed by atoms with Gasteiger partial charge in [-0.3, -0.25) is 0 Å². The Morgan fingerprint density at radius 3 is 2.25 bits per heavy atom. The van der Waals surface area contributed by atoms with Gasteiger partial charge in [0.25, 0.3) is 0 Å². The lowest BCUT2D eigenvalue weighted by atomic mass is 9.92. The van der Waals surface area contributed by atoms with Crippen molar-refractivity contribution < 1.29 is 14.6 Å². The third-order valence-corrected chi connectivity index (χ3v) is 1.34. The van der Waals surface area contributed by atoms with Crippen molar-refractivity contribution in [2.45, 2.75) is 25.0 Å². The summed E-state index contributed by atoms with van der Waals surface area (Å²) in [5.74, 6) is -1.40. The SMILES string of the molecule is [O]C1(O[C]=O)CCC1. The first-order valence-electron chi connectivity index (χ1n) is 2.52. The van der Waals surface area contributed by atoms with Crippen LogP contribution in [0.2, 0.25) is 0 Å². The predicted octanol–water partition coefficient (Wildman–Crippen LogP) is 0.381. The topological polar surface area (TPSA) is 46.2 Å². The monoisotopic (exact) mass is 114 g/mol. The molecule has 0 spiro atoms. The Morgan fingerprint density at radius 2 is 2.12 bits per heavy atom. The summed E-state index contributed by atoms with van der Waals surface area (Å²) in [4.78, 5) is 9.47. The van der Waals surface area contributed by atoms with Gasteiger partial charge in [-0.25, -0.2) is 4.79 Å². The first-order valence-corrected chi connectivity index (χ1v) is 2.52. The summed E-state index contributed by atoms with van der Waals surface area (Å²) in [5, 5.41) is 10.7. The van der Waals surface area contributed by atoms with Crippen LogP contribution in [0.4, 0.5) is 0 Å². The van der Waals surface area contributed by atoms with Crippen molar-refractivity contribution in [1.29, 1.82) is 0 Å². The van der Waals surface area contributed by atoms with E-state index in [-0.39, 0.29) is 0 Å². The van der Waals surface area contributed by atoms with Crippen molar-refractivity contribution in [2.75, 3.05) is 0 Å². The van der Waals surface area contributed by atoms with E-state index in [0.29, 0.717) is 12.8 Å². The highest BCUT2D eigenvalue weighted by Crippen LogP contribution is 2.32. The third kappa shape index (κ3) is 0.816. The fourth-order valence-corrected chi connectivity index (χ4v) is 0.643. The molecule has 0 aromatic heterocycles. The first-order chi connectivity index (χ1) is 3.77. The molecule has 0 saturated heterocycles. The molecule has 3 nitrogen and oxygen atoms in total. The highest BCUT2D eigenvalue weighted by molar-refractivity contribution is 5.39. The number of ether oxygens (including phenoxy) is 1. The zero-order valence-electron chi connectivity index (χ0n) is 4.35. The molecule has 0 aromatic carbocycles. The molecular formula is C5H6O3. The van der Waals surface area contributed by atoms with Gasteiger partial charge in [0, 0.05) is 12.8 Å². The van der Waals surface area contributed by atoms with Crippen LogP contribution >= 0.6 is 0 Å². The van der Waals surface area contributed by atoms with Gasteiger partial charge in [-0.15, -0.1) is 0 Å². The summed E-state index contributed by atoms with van der Waals surface area (Å²) in [6.07, 6.45) is 1.76. The maximum Gasteiger partial charge on any atom is 0.420 e. The molecule has 1 aliphatic rings. The molecule has 0 aliphatic heterocycles. The Bertz CT molecular complexity index is 95.8. The zero-order chi connectivity index (χ0) is 6.04. The molecule has 1 aliphatic carbocycles. The summed E-state index contributed by atoms with van der Waals surface area (Å²) >= 11 is 0. The Morgan fingerprint density at radius 1 is 1.50 bits per heavy atom. The molecule has 44 valence electrons. The lowest BCUT2D eigenvalue weighted by Crippen LogP contribution is -2.37. The summed E-state index contributed by atoms with van der Waals surface area (Å²) in [5.41, 5.74) is 0. The zero-order valence-corrected chi connectivity index (χ0v) is 4.35. The van der Waals surface area contributed by atoms with Crippen molar-refractivity contribution in [3.8, 4) is 0 Å². The van der Waals surface area contributed by atoms with Crippen molar-refractivity contribution >= 4 is 6.47 Å². The molecule has 8 heavy (non-hydrogen) atoms. The van der Waals surface area contributed by atoms with Crippen molar-refractivity contribution in [3.05, 3.63) is 0 Å². The Kier molecular flexibility index (Phi) is 1.21. The highest BCUT2D eigenvalue weighted by atomic mass is 16.6. The smallest absolute Gasteiger partial charge is 0.420 e. The van der Waals surface area contributed by atoms with Gasteiger partial charge in [0.05, 0.1) is 0 Å². The molecule has 0 aromatic rings. The van der Waals surface area contributed by atoms with Gasteiger partial charge in [0.15, 0.2) is 0 Å². The molecule has 0 amide bonds. The molecule has 1 saturated carbocycles. The molecular weight excluding hydrogens is 108 g/mol. The van der Waals surface area contributed by atoms with Crippen LogP contribution in [0.5, 0.6) is 0 Å². The minimum Gasteiger partial charge on any atom is -0.422 e. The summed E-state index contributed by atoms with van der Waals surface area (Å²) in [6.45, 7) is 1.15. The lowest BCUT2D eigenvalue weighted by Gasteiger charge is -2.30. The number of carbonyl (C=O) groups excluding carboxylic acids is 1. The molecule has 0 bridgehead atoms. The number of hydrogen-bond donors (Lipinski definition) is 0. The van der Waals surface area contributed by atoms with E-state index in [1.165, 1.54) is 0 Å². The van der Waals surface area contributed by atoms with E-state index in [1.807, 2.05) is 0 Å². The maximum absolute atomic E-state index is 10.7. The fourth-order valence-electron chi connectivity index (χ4n) is 0.643. The quantitative estimate of drug-likeness (QED) is 0.487. The van der Waals surface area contributed by atoms with Gasteiger partial charge in [-0.05, 0) is 6.42 Å². The first kappa shape index (κ1) is 5.56. The molecule has 2 radical (unpaired) electrons. The van der Waals surface area contributed by atoms with E-state index >= 15 is 0 Å². The predicted molar refractivity (Wildman–Crippen MR) is 24.0 cm³/mol. The Balaban J connectivity index is 2.29. The van der Waals surface area contributed by atoms with Crippen LogP contribution < -0.4 is 0 Å². The number of hydrogen-bond acceptors (Lipinski definition) is 2. The van der Waals surface area contributed by atoms with Crippen LogP contribution in [0.25, 0.3) is 0 Å². The van der Waals surface area contributed by atoms with Crippen LogP contribution in [0.1, 0.15) is 19.3 Å². The highest BCUT2D eigenvalue weighted by Gasteiger charge is 2.38. The summed E-state index contributed by atoms with van der Waals surface area (Å²) in [6, 6.07) is 0. The molecule has 3 heteroatoms. The number of rotatable bonds is 2. The molecule has 0 atom stereocenters. The normalized spacial score (nSPS) is 23.6. The molecule has 0 N–H and O–H groups in total. The lowest BCUT2D eigenvalue weighted by molar-refractivity contribution is -0.238. The van der Waals surface area contributed by atoms with Crippen LogP contribution in [-0.2, 0) is 14.6 Å². The second kappa shape index (κ2) is 1.74. The molecule has 0 heterocycles. The Hall–Kier alpha value is -0.570. The van der Waals surface area contributed by atoms with Gasteiger partial charge in [-0.1, -0.05) is 0 Å². The van der Waals surface area contributed by atoms with Gasteiger partial charge < -0.3 is 4.74 Å². The minimum absolute atomic E-state index is 0.447. The standard InChI is InChI=1S/C5H6O3/c6-4-8-5(7)2-1-3-5/h1-3H2. The van der Waals surface area contributed by atoms with Crippen LogP contribution in [0.15, 0.2) is 0 Å². The largest absolute Gasteiger partial charge is 0.422 e. The van der Waals surface area contributed by atoms with Crippen LogP contribution in [0, 0.1) is 0 Å². The molecule has 1 rings (SSSR count). The van der Waals surface area contributed by atoms with Gasteiger partial charge in [-0.2, -0.15) is 5.11 Å². The van der Waals surface area contributed by atoms with Crippen LogP contribution in [-0.4, -0.2) is 12.3 Å². The van der Waals surface area contributed by atoms with E-state index in [1.54, 1.807) is 0 Å². The Labute approximate surface area is 47.3 Å². The average molecular weight is 114 g/mol. The van der Waals surface area contributed by atoms with Gasteiger partial charge in [0.1, 0.15) is 0 Å². The summed E-state index contributed by atoms with van der Waals surface area (Å²) in [7, 11) is 0. The average Bonchev–Trinajstić information content (AvgIpc) is 1.64. The summed E-state index contributed by atoms with van der Waals surface area (Å²) < 4.78 is 4.10. The third-order valence-electron chi connectivity index (χ3n) is 1.34.